The number of carbonyl (C=O) groups excluding carboxylic acids is 1. The Balaban J connectivity index is 3.09. The molecule has 0 radical (unpaired) electrons. The highest BCUT2D eigenvalue weighted by Gasteiger charge is 2.02. The Hall–Kier alpha value is -1.36. The Morgan fingerprint density at radius 3 is 3.00 bits per heavy atom. The molecule has 1 heterocycles. The molecule has 0 unspecified atom stereocenters. The summed E-state index contributed by atoms with van der Waals surface area (Å²) >= 11 is 5.40. The number of nitrogens with zero attached hydrogens (tertiary/aromatic N) is 2. The highest BCUT2D eigenvalue weighted by molar-refractivity contribution is 6.29. The molecule has 6 heteroatoms. The topological polar surface area (TPSA) is 78.0 Å². The molecule has 0 saturated heterocycles. The van der Waals surface area contributed by atoms with E-state index in [2.05, 4.69) is 4.98 Å². The van der Waals surface area contributed by atoms with E-state index in [1.54, 1.807) is 0 Å². The van der Waals surface area contributed by atoms with Crippen molar-refractivity contribution in [3.63, 3.8) is 0 Å². The summed E-state index contributed by atoms with van der Waals surface area (Å²) < 4.78 is 1.09. The summed E-state index contributed by atoms with van der Waals surface area (Å²) in [4.78, 5) is 25.0. The second-order valence-electron chi connectivity index (χ2n) is 2.12. The van der Waals surface area contributed by atoms with Crippen LogP contribution in [-0.2, 0) is 11.3 Å². The van der Waals surface area contributed by atoms with Crippen LogP contribution in [0.3, 0.4) is 0 Å². The fourth-order valence-corrected chi connectivity index (χ4v) is 0.878. The zero-order chi connectivity index (χ0) is 9.14. The van der Waals surface area contributed by atoms with Crippen molar-refractivity contribution in [3.05, 3.63) is 27.9 Å². The molecule has 0 aromatic carbocycles. The lowest BCUT2D eigenvalue weighted by molar-refractivity contribution is -0.118. The summed E-state index contributed by atoms with van der Waals surface area (Å²) in [7, 11) is 0. The van der Waals surface area contributed by atoms with Gasteiger partial charge in [0.05, 0.1) is 0 Å². The molecule has 1 aromatic heterocycles. The third kappa shape index (κ3) is 1.82. The molecule has 1 rings (SSSR count). The van der Waals surface area contributed by atoms with Crippen molar-refractivity contribution in [1.82, 2.24) is 9.55 Å². The second-order valence-corrected chi connectivity index (χ2v) is 2.48. The second kappa shape index (κ2) is 3.36. The predicted molar refractivity (Wildman–Crippen MR) is 42.7 cm³/mol. The number of hydrogen-bond acceptors (Lipinski definition) is 3. The molecule has 0 saturated carbocycles. The van der Waals surface area contributed by atoms with Gasteiger partial charge in [-0.05, 0) is 0 Å². The minimum Gasteiger partial charge on any atom is -0.368 e. The first-order chi connectivity index (χ1) is 5.61. The number of hydrogen-bond donors (Lipinski definition) is 1. The van der Waals surface area contributed by atoms with Crippen LogP contribution < -0.4 is 11.3 Å². The van der Waals surface area contributed by atoms with E-state index in [0.717, 1.165) is 4.57 Å². The zero-order valence-corrected chi connectivity index (χ0v) is 6.78. The maximum Gasteiger partial charge on any atom is 0.288 e. The highest BCUT2D eigenvalue weighted by atomic mass is 35.5. The van der Waals surface area contributed by atoms with Crippen LogP contribution in [0.1, 0.15) is 0 Å². The molecular weight excluding hydrogens is 182 g/mol. The lowest BCUT2D eigenvalue weighted by Gasteiger charge is -2.00. The molecule has 0 aliphatic heterocycles. The van der Waals surface area contributed by atoms with Gasteiger partial charge in [0.1, 0.15) is 6.54 Å². The molecular formula is C6H6ClN3O2. The lowest BCUT2D eigenvalue weighted by Crippen LogP contribution is -2.28. The third-order valence-electron chi connectivity index (χ3n) is 1.20. The van der Waals surface area contributed by atoms with Crippen LogP contribution >= 0.6 is 11.6 Å². The molecule has 0 aliphatic carbocycles. The molecule has 12 heavy (non-hydrogen) atoms. The van der Waals surface area contributed by atoms with E-state index >= 15 is 0 Å². The van der Waals surface area contributed by atoms with E-state index in [1.807, 2.05) is 0 Å². The van der Waals surface area contributed by atoms with Crippen LogP contribution in [0.15, 0.2) is 17.2 Å². The van der Waals surface area contributed by atoms with Gasteiger partial charge in [0.2, 0.25) is 5.91 Å². The minimum absolute atomic E-state index is 0.168. The standard InChI is InChI=1S/C6H6ClN3O2/c7-5-6(12)10(2-1-9-5)3-4(8)11/h1-2H,3H2,(H2,8,11). The van der Waals surface area contributed by atoms with Gasteiger partial charge in [-0.1, -0.05) is 11.6 Å². The highest BCUT2D eigenvalue weighted by Crippen LogP contribution is 1.92. The molecule has 64 valence electrons. The van der Waals surface area contributed by atoms with E-state index in [4.69, 9.17) is 17.3 Å². The SMILES string of the molecule is NC(=O)Cn1ccnc(Cl)c1=O. The van der Waals surface area contributed by atoms with Gasteiger partial charge in [0, 0.05) is 12.4 Å². The molecule has 1 amide bonds. The molecule has 2 N–H and O–H groups in total. The largest absolute Gasteiger partial charge is 0.368 e. The zero-order valence-electron chi connectivity index (χ0n) is 6.03. The van der Waals surface area contributed by atoms with Crippen LogP contribution in [0.2, 0.25) is 5.15 Å². The van der Waals surface area contributed by atoms with Gasteiger partial charge in [-0.3, -0.25) is 9.59 Å². The first-order valence-electron chi connectivity index (χ1n) is 3.10. The number of amides is 1. The van der Waals surface area contributed by atoms with Gasteiger partial charge in [0.15, 0.2) is 5.15 Å². The van der Waals surface area contributed by atoms with E-state index in [1.165, 1.54) is 12.4 Å². The maximum absolute atomic E-state index is 11.1. The first kappa shape index (κ1) is 8.73. The van der Waals surface area contributed by atoms with Crippen LogP contribution in [0.4, 0.5) is 0 Å². The van der Waals surface area contributed by atoms with Gasteiger partial charge < -0.3 is 10.3 Å². The van der Waals surface area contributed by atoms with Crippen LogP contribution in [0, 0.1) is 0 Å². The smallest absolute Gasteiger partial charge is 0.288 e. The summed E-state index contributed by atoms with van der Waals surface area (Å²) in [5, 5.41) is -0.168. The Morgan fingerprint density at radius 1 is 1.75 bits per heavy atom. The lowest BCUT2D eigenvalue weighted by atomic mass is 10.5. The van der Waals surface area contributed by atoms with E-state index in [9.17, 15) is 9.59 Å². The average molecular weight is 188 g/mol. The monoisotopic (exact) mass is 187 g/mol. The van der Waals surface area contributed by atoms with Crippen LogP contribution in [0.25, 0.3) is 0 Å². The fourth-order valence-electron chi connectivity index (χ4n) is 0.713. The van der Waals surface area contributed by atoms with Crippen molar-refractivity contribution >= 4 is 17.5 Å². The Labute approximate surface area is 72.8 Å². The summed E-state index contributed by atoms with van der Waals surface area (Å²) in [6, 6.07) is 0. The molecule has 0 bridgehead atoms. The molecule has 0 spiro atoms. The minimum atomic E-state index is -0.598. The normalized spacial score (nSPS) is 9.75. The maximum atomic E-state index is 11.1. The first-order valence-corrected chi connectivity index (χ1v) is 3.48. The van der Waals surface area contributed by atoms with Crippen LogP contribution in [-0.4, -0.2) is 15.5 Å². The Kier molecular flexibility index (Phi) is 2.44. The Morgan fingerprint density at radius 2 is 2.42 bits per heavy atom. The fraction of sp³-hybridized carbons (Fsp3) is 0.167. The van der Waals surface area contributed by atoms with Crippen molar-refractivity contribution in [3.8, 4) is 0 Å². The number of nitrogens with two attached hydrogens (primary N) is 1. The van der Waals surface area contributed by atoms with Gasteiger partial charge in [-0.2, -0.15) is 0 Å². The summed E-state index contributed by atoms with van der Waals surface area (Å²) in [5.74, 6) is -0.598. The van der Waals surface area contributed by atoms with Crippen molar-refractivity contribution < 1.29 is 4.79 Å². The third-order valence-corrected chi connectivity index (χ3v) is 1.46. The molecule has 0 aliphatic rings. The summed E-state index contributed by atoms with van der Waals surface area (Å²) in [5.41, 5.74) is 4.37. The number of primary amides is 1. The number of aromatic nitrogens is 2. The molecule has 0 atom stereocenters. The average Bonchev–Trinajstić information content (AvgIpc) is 1.98. The Bertz CT molecular complexity index is 360. The molecule has 5 nitrogen and oxygen atoms in total. The van der Waals surface area contributed by atoms with Crippen molar-refractivity contribution in [2.24, 2.45) is 5.73 Å². The van der Waals surface area contributed by atoms with E-state index in [0.29, 0.717) is 0 Å². The summed E-state index contributed by atoms with van der Waals surface area (Å²) in [6.45, 7) is -0.179. The van der Waals surface area contributed by atoms with Crippen molar-refractivity contribution in [1.29, 1.82) is 0 Å². The predicted octanol–water partition coefficient (Wildman–Crippen LogP) is -0.618. The van der Waals surface area contributed by atoms with E-state index < -0.39 is 11.5 Å². The number of rotatable bonds is 2. The molecule has 0 fully saturated rings. The quantitative estimate of drug-likeness (QED) is 0.671. The summed E-state index contributed by atoms with van der Waals surface area (Å²) in [6.07, 6.45) is 2.67. The van der Waals surface area contributed by atoms with E-state index in [-0.39, 0.29) is 11.7 Å². The van der Waals surface area contributed by atoms with Gasteiger partial charge in [-0.15, -0.1) is 0 Å². The van der Waals surface area contributed by atoms with Crippen molar-refractivity contribution in [2.75, 3.05) is 0 Å². The van der Waals surface area contributed by atoms with Crippen LogP contribution in [0.5, 0.6) is 0 Å². The van der Waals surface area contributed by atoms with Gasteiger partial charge >= 0.3 is 0 Å². The van der Waals surface area contributed by atoms with Crippen molar-refractivity contribution in [2.45, 2.75) is 6.54 Å². The number of halogens is 1. The number of carbonyl (C=O) groups is 1. The molecule has 1 aromatic rings. The van der Waals surface area contributed by atoms with Gasteiger partial charge in [0.25, 0.3) is 5.56 Å². The van der Waals surface area contributed by atoms with Gasteiger partial charge in [-0.25, -0.2) is 4.98 Å².